The van der Waals surface area contributed by atoms with Gasteiger partial charge in [-0.05, 0) is 18.1 Å². The second-order valence-electron chi connectivity index (χ2n) is 6.72. The van der Waals surface area contributed by atoms with Gasteiger partial charge in [0.15, 0.2) is 0 Å². The van der Waals surface area contributed by atoms with Crippen molar-refractivity contribution in [1.82, 2.24) is 24.8 Å². The van der Waals surface area contributed by atoms with Crippen LogP contribution in [0.15, 0.2) is 59.8 Å². The summed E-state index contributed by atoms with van der Waals surface area (Å²) in [7, 11) is 1.77. The Balaban J connectivity index is 0.00000150. The SMILES string of the molecule is Cl.Cl.Cn1c(N2CCN[C@@H](Cc3ccccc3)C2)nc(-c2ccncn2)cc1=O. The number of aromatic nitrogens is 4. The van der Waals surface area contributed by atoms with Crippen LogP contribution in [-0.2, 0) is 13.5 Å². The molecule has 0 unspecified atom stereocenters. The van der Waals surface area contributed by atoms with Crippen molar-refractivity contribution < 1.29 is 0 Å². The van der Waals surface area contributed by atoms with Gasteiger partial charge in [0.2, 0.25) is 5.95 Å². The Morgan fingerprint density at radius 1 is 1.14 bits per heavy atom. The highest BCUT2D eigenvalue weighted by molar-refractivity contribution is 5.85. The number of hydrogen-bond acceptors (Lipinski definition) is 6. The Morgan fingerprint density at radius 3 is 2.66 bits per heavy atom. The van der Waals surface area contributed by atoms with Gasteiger partial charge >= 0.3 is 0 Å². The van der Waals surface area contributed by atoms with E-state index in [1.54, 1.807) is 23.9 Å². The van der Waals surface area contributed by atoms with Gasteiger partial charge in [0, 0.05) is 45.0 Å². The van der Waals surface area contributed by atoms with Crippen molar-refractivity contribution in [2.24, 2.45) is 7.05 Å². The largest absolute Gasteiger partial charge is 0.339 e. The lowest BCUT2D eigenvalue weighted by atomic mass is 10.0. The second-order valence-corrected chi connectivity index (χ2v) is 6.72. The van der Waals surface area contributed by atoms with Gasteiger partial charge in [0.25, 0.3) is 5.56 Å². The molecular weight excluding hydrogens is 411 g/mol. The lowest BCUT2D eigenvalue weighted by molar-refractivity contribution is 0.446. The number of nitrogens with one attached hydrogen (secondary N) is 1. The van der Waals surface area contributed by atoms with E-state index >= 15 is 0 Å². The maximum absolute atomic E-state index is 12.5. The molecule has 1 aliphatic rings. The van der Waals surface area contributed by atoms with E-state index in [-0.39, 0.29) is 30.4 Å². The third-order valence-electron chi connectivity index (χ3n) is 4.82. The number of rotatable bonds is 4. The number of benzene rings is 1. The van der Waals surface area contributed by atoms with E-state index in [1.165, 1.54) is 18.0 Å². The van der Waals surface area contributed by atoms with Crippen LogP contribution in [0, 0.1) is 0 Å². The van der Waals surface area contributed by atoms with Crippen LogP contribution in [0.1, 0.15) is 5.56 Å². The average molecular weight is 435 g/mol. The molecular formula is C20H24Cl2N6O. The van der Waals surface area contributed by atoms with E-state index in [1.807, 2.05) is 6.07 Å². The minimum absolute atomic E-state index is 0. The lowest BCUT2D eigenvalue weighted by Crippen LogP contribution is -2.53. The highest BCUT2D eigenvalue weighted by Gasteiger charge is 2.23. The van der Waals surface area contributed by atoms with Crippen LogP contribution in [0.3, 0.4) is 0 Å². The zero-order chi connectivity index (χ0) is 18.6. The molecule has 0 amide bonds. The molecule has 154 valence electrons. The molecule has 9 heteroatoms. The molecule has 0 radical (unpaired) electrons. The number of nitrogens with zero attached hydrogens (tertiary/aromatic N) is 5. The van der Waals surface area contributed by atoms with Crippen molar-refractivity contribution in [3.8, 4) is 11.4 Å². The minimum atomic E-state index is -0.0910. The fourth-order valence-electron chi connectivity index (χ4n) is 3.43. The molecule has 1 N–H and O–H groups in total. The van der Waals surface area contributed by atoms with Crippen LogP contribution < -0.4 is 15.8 Å². The monoisotopic (exact) mass is 434 g/mol. The van der Waals surface area contributed by atoms with Crippen molar-refractivity contribution >= 4 is 30.8 Å². The fourth-order valence-corrected chi connectivity index (χ4v) is 3.43. The molecule has 0 aliphatic carbocycles. The molecule has 1 aromatic carbocycles. The molecule has 3 heterocycles. The first-order valence-electron chi connectivity index (χ1n) is 9.07. The maximum atomic E-state index is 12.5. The van der Waals surface area contributed by atoms with E-state index in [9.17, 15) is 4.79 Å². The third-order valence-corrected chi connectivity index (χ3v) is 4.82. The molecule has 4 rings (SSSR count). The van der Waals surface area contributed by atoms with Crippen LogP contribution in [0.2, 0.25) is 0 Å². The van der Waals surface area contributed by atoms with Crippen molar-refractivity contribution in [2.75, 3.05) is 24.5 Å². The first-order valence-corrected chi connectivity index (χ1v) is 9.07. The number of piperazine rings is 1. The number of hydrogen-bond donors (Lipinski definition) is 1. The highest BCUT2D eigenvalue weighted by atomic mass is 35.5. The standard InChI is InChI=1S/C20H22N6O.2ClH/c1-25-19(27)12-18(17-7-8-21-14-23-17)24-20(25)26-10-9-22-16(13-26)11-15-5-3-2-4-6-15;;/h2-8,12,14,16,22H,9-11,13H2,1H3;2*1H/t16-;;/m0../s1. The van der Waals surface area contributed by atoms with E-state index in [0.29, 0.717) is 23.4 Å². The molecule has 3 aromatic rings. The van der Waals surface area contributed by atoms with Crippen LogP contribution >= 0.6 is 24.8 Å². The summed E-state index contributed by atoms with van der Waals surface area (Å²) in [5.74, 6) is 0.677. The second kappa shape index (κ2) is 10.3. The molecule has 1 fully saturated rings. The molecule has 7 nitrogen and oxygen atoms in total. The van der Waals surface area contributed by atoms with Gasteiger partial charge in [-0.15, -0.1) is 24.8 Å². The first kappa shape index (κ1) is 22.8. The van der Waals surface area contributed by atoms with Gasteiger partial charge in [-0.1, -0.05) is 30.3 Å². The van der Waals surface area contributed by atoms with Gasteiger partial charge in [-0.25, -0.2) is 15.0 Å². The summed E-state index contributed by atoms with van der Waals surface area (Å²) < 4.78 is 1.61. The molecule has 1 atom stereocenters. The molecule has 0 spiro atoms. The minimum Gasteiger partial charge on any atom is -0.339 e. The van der Waals surface area contributed by atoms with Gasteiger partial charge in [0.05, 0.1) is 11.4 Å². The van der Waals surface area contributed by atoms with E-state index in [4.69, 9.17) is 4.98 Å². The van der Waals surface area contributed by atoms with Gasteiger partial charge in [0.1, 0.15) is 6.33 Å². The summed E-state index contributed by atoms with van der Waals surface area (Å²) in [6.45, 7) is 2.45. The Hall–Kier alpha value is -2.48. The Morgan fingerprint density at radius 2 is 1.93 bits per heavy atom. The number of halogens is 2. The van der Waals surface area contributed by atoms with Crippen LogP contribution in [0.4, 0.5) is 5.95 Å². The van der Waals surface area contributed by atoms with Crippen molar-refractivity contribution in [3.63, 3.8) is 0 Å². The summed E-state index contributed by atoms with van der Waals surface area (Å²) in [6, 6.07) is 14.0. The van der Waals surface area contributed by atoms with Crippen LogP contribution in [-0.4, -0.2) is 45.2 Å². The lowest BCUT2D eigenvalue weighted by Gasteiger charge is -2.35. The summed E-state index contributed by atoms with van der Waals surface area (Å²) >= 11 is 0. The molecule has 2 aromatic heterocycles. The predicted molar refractivity (Wildman–Crippen MR) is 119 cm³/mol. The molecule has 1 aliphatic heterocycles. The van der Waals surface area contributed by atoms with Gasteiger partial charge in [-0.3, -0.25) is 9.36 Å². The van der Waals surface area contributed by atoms with E-state index in [2.05, 4.69) is 44.5 Å². The maximum Gasteiger partial charge on any atom is 0.255 e. The predicted octanol–water partition coefficient (Wildman–Crippen LogP) is 2.10. The smallest absolute Gasteiger partial charge is 0.255 e. The summed E-state index contributed by atoms with van der Waals surface area (Å²) in [6.07, 6.45) is 4.06. The summed E-state index contributed by atoms with van der Waals surface area (Å²) in [5.41, 5.74) is 2.44. The quantitative estimate of drug-likeness (QED) is 0.677. The molecule has 29 heavy (non-hydrogen) atoms. The zero-order valence-electron chi connectivity index (χ0n) is 16.1. The Labute approximate surface area is 182 Å². The first-order chi connectivity index (χ1) is 13.2. The van der Waals surface area contributed by atoms with Crippen LogP contribution in [0.25, 0.3) is 11.4 Å². The van der Waals surface area contributed by atoms with E-state index in [0.717, 1.165) is 26.1 Å². The molecule has 1 saturated heterocycles. The van der Waals surface area contributed by atoms with E-state index < -0.39 is 0 Å². The number of anilines is 1. The summed E-state index contributed by atoms with van der Waals surface area (Å²) in [5, 5.41) is 3.57. The molecule has 0 saturated carbocycles. The third kappa shape index (κ3) is 5.32. The Bertz CT molecular complexity index is 968. The molecule has 0 bridgehead atoms. The van der Waals surface area contributed by atoms with Gasteiger partial charge < -0.3 is 10.2 Å². The van der Waals surface area contributed by atoms with Crippen molar-refractivity contribution in [2.45, 2.75) is 12.5 Å². The van der Waals surface area contributed by atoms with Crippen molar-refractivity contribution in [1.29, 1.82) is 0 Å². The zero-order valence-corrected chi connectivity index (χ0v) is 17.7. The van der Waals surface area contributed by atoms with Crippen LogP contribution in [0.5, 0.6) is 0 Å². The Kier molecular flexibility index (Phi) is 8.13. The fraction of sp³-hybridized carbons (Fsp3) is 0.300. The van der Waals surface area contributed by atoms with Crippen molar-refractivity contribution in [3.05, 3.63) is 70.9 Å². The average Bonchev–Trinajstić information content (AvgIpc) is 2.71. The van der Waals surface area contributed by atoms with Gasteiger partial charge in [-0.2, -0.15) is 0 Å². The highest BCUT2D eigenvalue weighted by Crippen LogP contribution is 2.18. The topological polar surface area (TPSA) is 75.9 Å². The normalized spacial score (nSPS) is 15.9. The summed E-state index contributed by atoms with van der Waals surface area (Å²) in [4.78, 5) is 27.6.